The van der Waals surface area contributed by atoms with E-state index in [1.807, 2.05) is 0 Å². The second-order valence-corrected chi connectivity index (χ2v) is 4.94. The van der Waals surface area contributed by atoms with Gasteiger partial charge in [-0.2, -0.15) is 0 Å². The summed E-state index contributed by atoms with van der Waals surface area (Å²) in [5.74, 6) is -0.786. The summed E-state index contributed by atoms with van der Waals surface area (Å²) < 4.78 is 5.48. The van der Waals surface area contributed by atoms with E-state index in [2.05, 4.69) is 6.58 Å². The molecule has 2 rings (SSSR count). The van der Waals surface area contributed by atoms with Gasteiger partial charge in [0, 0.05) is 6.54 Å². The van der Waals surface area contributed by atoms with Crippen LogP contribution in [0.5, 0.6) is 5.75 Å². The number of carboxylic acid groups (broad SMARTS) is 1. The average Bonchev–Trinajstić information content (AvgIpc) is 2.52. The molecule has 1 fully saturated rings. The number of hydrogen-bond acceptors (Lipinski definition) is 3. The predicted octanol–water partition coefficient (Wildman–Crippen LogP) is 2.33. The number of carbonyl (C=O) groups excluding carboxylic acids is 1. The van der Waals surface area contributed by atoms with Crippen LogP contribution in [0.2, 0.25) is 0 Å². The summed E-state index contributed by atoms with van der Waals surface area (Å²) in [6, 6.07) is 6.14. The Bertz CT molecular complexity index is 541. The van der Waals surface area contributed by atoms with Gasteiger partial charge in [0.2, 0.25) is 0 Å². The molecule has 1 aliphatic heterocycles. The van der Waals surface area contributed by atoms with E-state index in [1.54, 1.807) is 30.3 Å². The molecule has 0 unspecified atom stereocenters. The van der Waals surface area contributed by atoms with E-state index in [-0.39, 0.29) is 5.91 Å². The number of likely N-dealkylation sites (tertiary alicyclic amines) is 1. The van der Waals surface area contributed by atoms with Gasteiger partial charge in [0.1, 0.15) is 18.4 Å². The van der Waals surface area contributed by atoms with Crippen LogP contribution in [0.3, 0.4) is 0 Å². The SMILES string of the molecule is C=CCOc1ccccc1C(=O)N1CCCC[C@@H]1C(=O)O. The van der Waals surface area contributed by atoms with Crippen LogP contribution >= 0.6 is 0 Å². The van der Waals surface area contributed by atoms with Gasteiger partial charge in [0.15, 0.2) is 0 Å². The topological polar surface area (TPSA) is 66.8 Å². The molecular weight excluding hydrogens is 270 g/mol. The second kappa shape index (κ2) is 6.92. The lowest BCUT2D eigenvalue weighted by molar-refractivity contribution is -0.143. The molecule has 1 aliphatic rings. The fraction of sp³-hybridized carbons (Fsp3) is 0.375. The summed E-state index contributed by atoms with van der Waals surface area (Å²) in [5.41, 5.74) is 0.396. The molecule has 0 spiro atoms. The average molecular weight is 289 g/mol. The lowest BCUT2D eigenvalue weighted by Crippen LogP contribution is -2.48. The molecular formula is C16H19NO4. The smallest absolute Gasteiger partial charge is 0.326 e. The second-order valence-electron chi connectivity index (χ2n) is 4.94. The first-order valence-electron chi connectivity index (χ1n) is 7.01. The Morgan fingerprint density at radius 3 is 2.86 bits per heavy atom. The standard InChI is InChI=1S/C16H19NO4/c1-2-11-21-14-9-4-3-7-12(14)15(18)17-10-6-5-8-13(17)16(19)20/h2-4,7,9,13H,1,5-6,8,10-11H2,(H,19,20)/t13-/m1/s1. The van der Waals surface area contributed by atoms with Crippen LogP contribution < -0.4 is 4.74 Å². The van der Waals surface area contributed by atoms with Gasteiger partial charge in [0.05, 0.1) is 5.56 Å². The van der Waals surface area contributed by atoms with Crippen molar-refractivity contribution in [3.05, 3.63) is 42.5 Å². The minimum absolute atomic E-state index is 0.290. The van der Waals surface area contributed by atoms with Crippen LogP contribution in [0.1, 0.15) is 29.6 Å². The first-order chi connectivity index (χ1) is 10.1. The van der Waals surface area contributed by atoms with E-state index in [0.717, 1.165) is 12.8 Å². The molecule has 1 amide bonds. The Balaban J connectivity index is 2.25. The number of ether oxygens (including phenoxy) is 1. The highest BCUT2D eigenvalue weighted by molar-refractivity contribution is 5.99. The molecule has 1 aromatic carbocycles. The monoisotopic (exact) mass is 289 g/mol. The van der Waals surface area contributed by atoms with Crippen molar-refractivity contribution in [2.75, 3.05) is 13.2 Å². The molecule has 0 saturated carbocycles. The van der Waals surface area contributed by atoms with Crippen LogP contribution in [-0.2, 0) is 4.79 Å². The number of carbonyl (C=O) groups is 2. The maximum atomic E-state index is 12.7. The van der Waals surface area contributed by atoms with Gasteiger partial charge in [-0.1, -0.05) is 24.8 Å². The van der Waals surface area contributed by atoms with E-state index in [0.29, 0.717) is 30.9 Å². The molecule has 21 heavy (non-hydrogen) atoms. The summed E-state index contributed by atoms with van der Waals surface area (Å²) in [6.07, 6.45) is 3.75. The lowest BCUT2D eigenvalue weighted by atomic mass is 10.0. The first kappa shape index (κ1) is 15.1. The highest BCUT2D eigenvalue weighted by Crippen LogP contribution is 2.25. The first-order valence-corrected chi connectivity index (χ1v) is 7.01. The largest absolute Gasteiger partial charge is 0.489 e. The number of para-hydroxylation sites is 1. The molecule has 112 valence electrons. The molecule has 1 N–H and O–H groups in total. The van der Waals surface area contributed by atoms with E-state index in [1.165, 1.54) is 4.90 Å². The molecule has 0 bridgehead atoms. The van der Waals surface area contributed by atoms with Crippen molar-refractivity contribution in [3.8, 4) is 5.75 Å². The third kappa shape index (κ3) is 3.42. The van der Waals surface area contributed by atoms with Crippen molar-refractivity contribution in [1.82, 2.24) is 4.90 Å². The Morgan fingerprint density at radius 2 is 2.14 bits per heavy atom. The molecule has 0 aromatic heterocycles. The number of benzene rings is 1. The molecule has 5 heteroatoms. The van der Waals surface area contributed by atoms with Crippen LogP contribution in [0, 0.1) is 0 Å². The number of carboxylic acids is 1. The van der Waals surface area contributed by atoms with Crippen LogP contribution in [0.25, 0.3) is 0 Å². The quantitative estimate of drug-likeness (QED) is 0.845. The summed E-state index contributed by atoms with van der Waals surface area (Å²) in [7, 11) is 0. The highest BCUT2D eigenvalue weighted by atomic mass is 16.5. The van der Waals surface area contributed by atoms with Crippen molar-refractivity contribution < 1.29 is 19.4 Å². The van der Waals surface area contributed by atoms with E-state index >= 15 is 0 Å². The number of piperidine rings is 1. The van der Waals surface area contributed by atoms with Gasteiger partial charge >= 0.3 is 5.97 Å². The summed E-state index contributed by atoms with van der Waals surface area (Å²) in [6.45, 7) is 4.34. The molecule has 1 heterocycles. The van der Waals surface area contributed by atoms with Gasteiger partial charge in [-0.05, 0) is 31.4 Å². The minimum Gasteiger partial charge on any atom is -0.489 e. The van der Waals surface area contributed by atoms with Gasteiger partial charge in [-0.15, -0.1) is 0 Å². The third-order valence-electron chi connectivity index (χ3n) is 3.52. The third-order valence-corrected chi connectivity index (χ3v) is 3.52. The zero-order valence-corrected chi connectivity index (χ0v) is 11.8. The normalized spacial score (nSPS) is 18.1. The maximum Gasteiger partial charge on any atom is 0.326 e. The number of nitrogens with zero attached hydrogens (tertiary/aromatic N) is 1. The van der Waals surface area contributed by atoms with Crippen LogP contribution in [0.4, 0.5) is 0 Å². The molecule has 0 radical (unpaired) electrons. The van der Waals surface area contributed by atoms with Crippen LogP contribution in [0.15, 0.2) is 36.9 Å². The Kier molecular flexibility index (Phi) is 4.98. The van der Waals surface area contributed by atoms with Crippen molar-refractivity contribution in [2.24, 2.45) is 0 Å². The van der Waals surface area contributed by atoms with Gasteiger partial charge in [0.25, 0.3) is 5.91 Å². The zero-order chi connectivity index (χ0) is 15.2. The molecule has 1 aromatic rings. The van der Waals surface area contributed by atoms with Crippen LogP contribution in [-0.4, -0.2) is 41.1 Å². The number of aliphatic carboxylic acids is 1. The zero-order valence-electron chi connectivity index (χ0n) is 11.8. The van der Waals surface area contributed by atoms with Gasteiger partial charge in [-0.3, -0.25) is 4.79 Å². The Hall–Kier alpha value is -2.30. The highest BCUT2D eigenvalue weighted by Gasteiger charge is 2.33. The summed E-state index contributed by atoms with van der Waals surface area (Å²) in [4.78, 5) is 25.4. The molecule has 5 nitrogen and oxygen atoms in total. The fourth-order valence-electron chi connectivity index (χ4n) is 2.50. The summed E-state index contributed by atoms with van der Waals surface area (Å²) in [5, 5.41) is 9.28. The van der Waals surface area contributed by atoms with Crippen molar-refractivity contribution in [1.29, 1.82) is 0 Å². The van der Waals surface area contributed by atoms with E-state index in [4.69, 9.17) is 4.74 Å². The van der Waals surface area contributed by atoms with Gasteiger partial charge < -0.3 is 14.7 Å². The Morgan fingerprint density at radius 1 is 1.38 bits per heavy atom. The molecule has 0 aliphatic carbocycles. The molecule has 1 atom stereocenters. The Labute approximate surface area is 123 Å². The number of hydrogen-bond donors (Lipinski definition) is 1. The fourth-order valence-corrected chi connectivity index (χ4v) is 2.50. The lowest BCUT2D eigenvalue weighted by Gasteiger charge is -2.33. The van der Waals surface area contributed by atoms with E-state index in [9.17, 15) is 14.7 Å². The number of amides is 1. The maximum absolute atomic E-state index is 12.7. The van der Waals surface area contributed by atoms with Crippen molar-refractivity contribution in [3.63, 3.8) is 0 Å². The van der Waals surface area contributed by atoms with Gasteiger partial charge in [-0.25, -0.2) is 4.79 Å². The van der Waals surface area contributed by atoms with Crippen molar-refractivity contribution in [2.45, 2.75) is 25.3 Å². The van der Waals surface area contributed by atoms with E-state index < -0.39 is 12.0 Å². The summed E-state index contributed by atoms with van der Waals surface area (Å²) >= 11 is 0. The molecule has 1 saturated heterocycles. The van der Waals surface area contributed by atoms with Crippen molar-refractivity contribution >= 4 is 11.9 Å². The number of rotatable bonds is 5. The minimum atomic E-state index is -0.951. The predicted molar refractivity (Wildman–Crippen MR) is 78.4 cm³/mol.